The van der Waals surface area contributed by atoms with Crippen molar-refractivity contribution >= 4 is 11.3 Å². The Morgan fingerprint density at radius 3 is 2.75 bits per heavy atom. The van der Waals surface area contributed by atoms with Crippen LogP contribution in [0.1, 0.15) is 25.5 Å². The molecular formula is C12H22N2OS. The Bertz CT molecular complexity index is 277. The summed E-state index contributed by atoms with van der Waals surface area (Å²) in [5.74, 6) is 0. The quantitative estimate of drug-likeness (QED) is 0.796. The predicted molar refractivity (Wildman–Crippen MR) is 69.8 cm³/mol. The van der Waals surface area contributed by atoms with E-state index in [0.717, 1.165) is 13.2 Å². The lowest BCUT2D eigenvalue weighted by Crippen LogP contribution is -2.41. The molecule has 0 amide bonds. The lowest BCUT2D eigenvalue weighted by atomic mass is 10.1. The summed E-state index contributed by atoms with van der Waals surface area (Å²) in [6.45, 7) is 6.73. The number of hydrogen-bond donors (Lipinski definition) is 1. The van der Waals surface area contributed by atoms with Gasteiger partial charge in [0.1, 0.15) is 0 Å². The number of ether oxygens (including phenoxy) is 1. The highest BCUT2D eigenvalue weighted by Crippen LogP contribution is 2.23. The summed E-state index contributed by atoms with van der Waals surface area (Å²) in [5, 5.41) is 4.28. The van der Waals surface area contributed by atoms with Gasteiger partial charge in [-0.3, -0.25) is 4.90 Å². The largest absolute Gasteiger partial charge is 0.383 e. The first-order chi connectivity index (χ1) is 7.74. The van der Waals surface area contributed by atoms with Gasteiger partial charge in [-0.2, -0.15) is 11.3 Å². The van der Waals surface area contributed by atoms with E-state index < -0.39 is 0 Å². The molecule has 2 atom stereocenters. The molecule has 1 aromatic rings. The molecule has 0 bridgehead atoms. The van der Waals surface area contributed by atoms with E-state index in [0.29, 0.717) is 18.6 Å². The Balaban J connectivity index is 2.76. The van der Waals surface area contributed by atoms with Crippen LogP contribution in [-0.2, 0) is 4.74 Å². The molecule has 3 nitrogen and oxygen atoms in total. The van der Waals surface area contributed by atoms with Gasteiger partial charge in [-0.15, -0.1) is 0 Å². The molecule has 92 valence electrons. The zero-order valence-corrected chi connectivity index (χ0v) is 11.2. The molecule has 0 aromatic carbocycles. The molecular weight excluding hydrogens is 220 g/mol. The second-order valence-electron chi connectivity index (χ2n) is 3.94. The summed E-state index contributed by atoms with van der Waals surface area (Å²) in [7, 11) is 1.74. The highest BCUT2D eigenvalue weighted by molar-refractivity contribution is 7.07. The fourth-order valence-electron chi connectivity index (χ4n) is 2.10. The van der Waals surface area contributed by atoms with Gasteiger partial charge in [0.25, 0.3) is 0 Å². The first-order valence-electron chi connectivity index (χ1n) is 5.71. The molecule has 2 N–H and O–H groups in total. The molecule has 0 saturated carbocycles. The molecule has 0 aliphatic rings. The Morgan fingerprint density at radius 2 is 2.31 bits per heavy atom. The highest BCUT2D eigenvalue weighted by Gasteiger charge is 2.22. The van der Waals surface area contributed by atoms with E-state index in [1.807, 2.05) is 0 Å². The zero-order valence-electron chi connectivity index (χ0n) is 10.3. The molecule has 0 radical (unpaired) electrons. The Morgan fingerprint density at radius 1 is 1.56 bits per heavy atom. The molecule has 0 aliphatic carbocycles. The number of nitrogens with zero attached hydrogens (tertiary/aromatic N) is 1. The van der Waals surface area contributed by atoms with E-state index in [1.54, 1.807) is 18.4 Å². The zero-order chi connectivity index (χ0) is 12.0. The van der Waals surface area contributed by atoms with Crippen LogP contribution in [0, 0.1) is 0 Å². The molecule has 0 saturated heterocycles. The van der Waals surface area contributed by atoms with Gasteiger partial charge < -0.3 is 10.5 Å². The fourth-order valence-corrected chi connectivity index (χ4v) is 2.81. The fraction of sp³-hybridized carbons (Fsp3) is 0.667. The first-order valence-corrected chi connectivity index (χ1v) is 6.65. The second kappa shape index (κ2) is 7.01. The van der Waals surface area contributed by atoms with Crippen LogP contribution >= 0.6 is 11.3 Å². The minimum Gasteiger partial charge on any atom is -0.383 e. The maximum absolute atomic E-state index is 5.90. The van der Waals surface area contributed by atoms with E-state index in [2.05, 4.69) is 35.6 Å². The second-order valence-corrected chi connectivity index (χ2v) is 4.72. The van der Waals surface area contributed by atoms with Crippen molar-refractivity contribution < 1.29 is 4.74 Å². The predicted octanol–water partition coefficient (Wildman–Crippen LogP) is 2.10. The summed E-state index contributed by atoms with van der Waals surface area (Å²) < 4.78 is 5.22. The molecule has 0 spiro atoms. The van der Waals surface area contributed by atoms with Gasteiger partial charge in [-0.25, -0.2) is 0 Å². The molecule has 1 aromatic heterocycles. The molecule has 4 heteroatoms. The number of likely N-dealkylation sites (N-methyl/N-ethyl adjacent to an activating group) is 1. The van der Waals surface area contributed by atoms with E-state index in [9.17, 15) is 0 Å². The summed E-state index contributed by atoms with van der Waals surface area (Å²) in [6.07, 6.45) is 0. The number of hydrogen-bond acceptors (Lipinski definition) is 4. The summed E-state index contributed by atoms with van der Waals surface area (Å²) >= 11 is 1.72. The third-order valence-corrected chi connectivity index (χ3v) is 3.59. The van der Waals surface area contributed by atoms with Gasteiger partial charge in [0, 0.05) is 25.7 Å². The Kier molecular flexibility index (Phi) is 5.98. The minimum absolute atomic E-state index is 0.307. The van der Waals surface area contributed by atoms with Crippen molar-refractivity contribution in [2.75, 3.05) is 26.8 Å². The van der Waals surface area contributed by atoms with Gasteiger partial charge in [0.05, 0.1) is 6.61 Å². The lowest BCUT2D eigenvalue weighted by Gasteiger charge is -2.34. The van der Waals surface area contributed by atoms with Crippen molar-refractivity contribution in [3.8, 4) is 0 Å². The summed E-state index contributed by atoms with van der Waals surface area (Å²) in [4.78, 5) is 2.39. The van der Waals surface area contributed by atoms with Crippen molar-refractivity contribution in [2.24, 2.45) is 5.73 Å². The molecule has 1 rings (SSSR count). The summed E-state index contributed by atoms with van der Waals surface area (Å²) in [6, 6.07) is 2.86. The molecule has 0 aliphatic heterocycles. The van der Waals surface area contributed by atoms with Gasteiger partial charge in [0.15, 0.2) is 0 Å². The van der Waals surface area contributed by atoms with Crippen molar-refractivity contribution in [1.82, 2.24) is 4.90 Å². The maximum Gasteiger partial charge on any atom is 0.0615 e. The molecule has 16 heavy (non-hydrogen) atoms. The van der Waals surface area contributed by atoms with Gasteiger partial charge in [-0.05, 0) is 35.9 Å². The van der Waals surface area contributed by atoms with Gasteiger partial charge >= 0.3 is 0 Å². The van der Waals surface area contributed by atoms with Crippen molar-refractivity contribution in [2.45, 2.75) is 25.9 Å². The number of rotatable bonds is 7. The van der Waals surface area contributed by atoms with Gasteiger partial charge in [0.2, 0.25) is 0 Å². The lowest BCUT2D eigenvalue weighted by molar-refractivity contribution is 0.0753. The third-order valence-electron chi connectivity index (χ3n) is 2.89. The molecule has 2 unspecified atom stereocenters. The van der Waals surface area contributed by atoms with E-state index >= 15 is 0 Å². The van der Waals surface area contributed by atoms with Crippen LogP contribution in [0.5, 0.6) is 0 Å². The molecule has 1 heterocycles. The minimum atomic E-state index is 0.307. The van der Waals surface area contributed by atoms with Crippen LogP contribution in [0.2, 0.25) is 0 Å². The van der Waals surface area contributed by atoms with Crippen molar-refractivity contribution in [3.63, 3.8) is 0 Å². The van der Waals surface area contributed by atoms with Crippen LogP contribution in [0.15, 0.2) is 16.8 Å². The van der Waals surface area contributed by atoms with Crippen LogP contribution in [0.3, 0.4) is 0 Å². The number of nitrogens with two attached hydrogens (primary N) is 1. The average molecular weight is 242 g/mol. The monoisotopic (exact) mass is 242 g/mol. The van der Waals surface area contributed by atoms with Crippen LogP contribution in [0.4, 0.5) is 0 Å². The van der Waals surface area contributed by atoms with Crippen molar-refractivity contribution in [1.29, 1.82) is 0 Å². The Labute approximate surface area is 102 Å². The van der Waals surface area contributed by atoms with E-state index in [-0.39, 0.29) is 0 Å². The number of thiophene rings is 1. The first kappa shape index (κ1) is 13.6. The van der Waals surface area contributed by atoms with Crippen LogP contribution in [0.25, 0.3) is 0 Å². The maximum atomic E-state index is 5.90. The SMILES string of the molecule is CCN(C(C)COC)C(CN)c1ccsc1. The van der Waals surface area contributed by atoms with E-state index in [4.69, 9.17) is 10.5 Å². The van der Waals surface area contributed by atoms with E-state index in [1.165, 1.54) is 5.56 Å². The standard InChI is InChI=1S/C12H22N2OS/c1-4-14(10(2)8-15-3)12(7-13)11-5-6-16-9-11/h5-6,9-10,12H,4,7-8,13H2,1-3H3. The average Bonchev–Trinajstić information content (AvgIpc) is 2.79. The molecule has 0 fully saturated rings. The van der Waals surface area contributed by atoms with Crippen LogP contribution in [-0.4, -0.2) is 37.7 Å². The third kappa shape index (κ3) is 3.28. The van der Waals surface area contributed by atoms with Crippen molar-refractivity contribution in [3.05, 3.63) is 22.4 Å². The van der Waals surface area contributed by atoms with Gasteiger partial charge in [-0.1, -0.05) is 6.92 Å². The van der Waals surface area contributed by atoms with Crippen LogP contribution < -0.4 is 5.73 Å². The normalized spacial score (nSPS) is 15.3. The Hall–Kier alpha value is -0.420. The smallest absolute Gasteiger partial charge is 0.0615 e. The topological polar surface area (TPSA) is 38.5 Å². The number of methoxy groups -OCH3 is 1. The summed E-state index contributed by atoms with van der Waals surface area (Å²) in [5.41, 5.74) is 7.21. The highest BCUT2D eigenvalue weighted by atomic mass is 32.1.